The molecule has 0 bridgehead atoms. The monoisotopic (exact) mass is 335 g/mol. The van der Waals surface area contributed by atoms with Gasteiger partial charge in [-0.2, -0.15) is 0 Å². The number of fused-ring (bicyclic) bond motifs is 1. The van der Waals surface area contributed by atoms with Crippen molar-refractivity contribution in [2.75, 3.05) is 7.11 Å². The van der Waals surface area contributed by atoms with E-state index < -0.39 is 0 Å². The zero-order valence-corrected chi connectivity index (χ0v) is 14.9. The van der Waals surface area contributed by atoms with Crippen LogP contribution in [0.3, 0.4) is 0 Å². The van der Waals surface area contributed by atoms with E-state index in [4.69, 9.17) is 9.47 Å². The third-order valence-electron chi connectivity index (χ3n) is 4.41. The van der Waals surface area contributed by atoms with Gasteiger partial charge in [-0.25, -0.2) is 0 Å². The fraction of sp³-hybridized carbons (Fsp3) is 0.318. The quantitative estimate of drug-likeness (QED) is 0.530. The van der Waals surface area contributed by atoms with Crippen LogP contribution < -0.4 is 4.74 Å². The summed E-state index contributed by atoms with van der Waals surface area (Å²) in [7, 11) is 1.78. The summed E-state index contributed by atoms with van der Waals surface area (Å²) in [5, 5.41) is 1.09. The molecule has 2 aromatic carbocycles. The number of unbranched alkanes of at least 4 members (excludes halogenated alkanes) is 1. The Labute approximate surface area is 149 Å². The van der Waals surface area contributed by atoms with E-state index in [9.17, 15) is 0 Å². The van der Waals surface area contributed by atoms with Gasteiger partial charge in [-0.05, 0) is 47.9 Å². The topological polar surface area (TPSA) is 31.4 Å². The summed E-state index contributed by atoms with van der Waals surface area (Å²) in [5.74, 6) is 0.861. The minimum atomic E-state index is 0.159. The molecular formula is C22H25NO2. The second-order valence-electron chi connectivity index (χ2n) is 6.26. The lowest BCUT2D eigenvalue weighted by Crippen LogP contribution is -2.03. The molecule has 3 nitrogen and oxygen atoms in total. The smallest absolute Gasteiger partial charge is 0.120 e. The van der Waals surface area contributed by atoms with Crippen LogP contribution in [-0.4, -0.2) is 12.1 Å². The van der Waals surface area contributed by atoms with Crippen molar-refractivity contribution in [3.63, 3.8) is 0 Å². The van der Waals surface area contributed by atoms with Crippen LogP contribution in [0.1, 0.15) is 43.4 Å². The van der Waals surface area contributed by atoms with Crippen molar-refractivity contribution in [1.82, 2.24) is 4.98 Å². The molecular weight excluding hydrogens is 310 g/mol. The molecule has 0 N–H and O–H groups in total. The number of aromatic nitrogens is 1. The van der Waals surface area contributed by atoms with E-state index in [-0.39, 0.29) is 6.10 Å². The van der Waals surface area contributed by atoms with Crippen LogP contribution in [0.5, 0.6) is 5.75 Å². The summed E-state index contributed by atoms with van der Waals surface area (Å²) in [5.41, 5.74) is 3.36. The molecule has 1 atom stereocenters. The van der Waals surface area contributed by atoms with Gasteiger partial charge in [-0.3, -0.25) is 4.98 Å². The van der Waals surface area contributed by atoms with Crippen molar-refractivity contribution in [2.45, 2.75) is 38.9 Å². The van der Waals surface area contributed by atoms with Crippen LogP contribution in [0.2, 0.25) is 0 Å². The van der Waals surface area contributed by atoms with Crippen molar-refractivity contribution >= 4 is 10.9 Å². The Balaban J connectivity index is 1.68. The Hall–Kier alpha value is -2.39. The van der Waals surface area contributed by atoms with Gasteiger partial charge >= 0.3 is 0 Å². The third-order valence-corrected chi connectivity index (χ3v) is 4.41. The average Bonchev–Trinajstić information content (AvgIpc) is 2.67. The Morgan fingerprint density at radius 3 is 2.80 bits per heavy atom. The lowest BCUT2D eigenvalue weighted by molar-refractivity contribution is 0.0935. The number of ether oxygens (including phenoxy) is 2. The molecule has 1 heterocycles. The predicted octanol–water partition coefficient (Wildman–Crippen LogP) is 5.69. The van der Waals surface area contributed by atoms with Gasteiger partial charge in [-0.15, -0.1) is 0 Å². The molecule has 3 aromatic rings. The first-order chi connectivity index (χ1) is 12.3. The molecule has 25 heavy (non-hydrogen) atoms. The molecule has 1 unspecified atom stereocenters. The molecule has 0 fully saturated rings. The second-order valence-corrected chi connectivity index (χ2v) is 6.26. The molecule has 1 aromatic heterocycles. The summed E-state index contributed by atoms with van der Waals surface area (Å²) in [4.78, 5) is 4.34. The van der Waals surface area contributed by atoms with Crippen LogP contribution in [0, 0.1) is 0 Å². The molecule has 0 saturated carbocycles. The summed E-state index contributed by atoms with van der Waals surface area (Å²) < 4.78 is 11.6. The highest BCUT2D eigenvalue weighted by molar-refractivity contribution is 5.79. The lowest BCUT2D eigenvalue weighted by atomic mass is 10.0. The Bertz CT molecular complexity index is 816. The van der Waals surface area contributed by atoms with Crippen molar-refractivity contribution in [2.24, 2.45) is 0 Å². The first kappa shape index (κ1) is 17.4. The average molecular weight is 335 g/mol. The Morgan fingerprint density at radius 1 is 1.04 bits per heavy atom. The highest BCUT2D eigenvalue weighted by atomic mass is 16.5. The Morgan fingerprint density at radius 2 is 1.96 bits per heavy atom. The van der Waals surface area contributed by atoms with E-state index in [1.165, 1.54) is 18.4 Å². The van der Waals surface area contributed by atoms with Crippen molar-refractivity contribution in [3.05, 3.63) is 71.9 Å². The van der Waals surface area contributed by atoms with Gasteiger partial charge < -0.3 is 9.47 Å². The molecule has 3 rings (SSSR count). The number of nitrogens with zero attached hydrogens (tertiary/aromatic N) is 1. The lowest BCUT2D eigenvalue weighted by Gasteiger charge is -2.16. The second kappa shape index (κ2) is 8.63. The third kappa shape index (κ3) is 4.58. The summed E-state index contributed by atoms with van der Waals surface area (Å²) in [6, 6.07) is 18.5. The normalized spacial score (nSPS) is 12.2. The summed E-state index contributed by atoms with van der Waals surface area (Å²) >= 11 is 0. The number of pyridine rings is 1. The molecule has 130 valence electrons. The van der Waals surface area contributed by atoms with Gasteiger partial charge in [0.25, 0.3) is 0 Å². The van der Waals surface area contributed by atoms with Gasteiger partial charge in [0.15, 0.2) is 0 Å². The minimum absolute atomic E-state index is 0.159. The molecule has 0 aliphatic heterocycles. The maximum atomic E-state index is 5.98. The largest absolute Gasteiger partial charge is 0.489 e. The Kier molecular flexibility index (Phi) is 6.02. The first-order valence-corrected chi connectivity index (χ1v) is 8.89. The van der Waals surface area contributed by atoms with E-state index in [0.717, 1.165) is 28.6 Å². The van der Waals surface area contributed by atoms with Crippen molar-refractivity contribution < 1.29 is 9.47 Å². The summed E-state index contributed by atoms with van der Waals surface area (Å²) in [6.45, 7) is 2.75. The summed E-state index contributed by atoms with van der Waals surface area (Å²) in [6.07, 6.45) is 5.37. The maximum Gasteiger partial charge on any atom is 0.120 e. The fourth-order valence-electron chi connectivity index (χ4n) is 3.00. The number of rotatable bonds is 8. The van der Waals surface area contributed by atoms with E-state index in [0.29, 0.717) is 6.61 Å². The molecule has 0 amide bonds. The SMILES string of the molecule is CCCCC(OC)c1cccc(COc2ccc3ncccc3c2)c1. The standard InChI is InChI=1S/C22H25NO2/c1-3-4-10-22(24-2)19-8-5-7-17(14-19)16-25-20-11-12-21-18(15-20)9-6-13-23-21/h5-9,11-15,22H,3-4,10,16H2,1-2H3. The van der Waals surface area contributed by atoms with E-state index in [1.54, 1.807) is 13.3 Å². The van der Waals surface area contributed by atoms with Crippen molar-refractivity contribution in [1.29, 1.82) is 0 Å². The van der Waals surface area contributed by atoms with E-state index in [2.05, 4.69) is 36.2 Å². The maximum absolute atomic E-state index is 5.98. The van der Waals surface area contributed by atoms with Gasteiger partial charge in [0.2, 0.25) is 0 Å². The fourth-order valence-corrected chi connectivity index (χ4v) is 3.00. The van der Waals surface area contributed by atoms with Crippen LogP contribution in [-0.2, 0) is 11.3 Å². The van der Waals surface area contributed by atoms with Crippen LogP contribution in [0.15, 0.2) is 60.8 Å². The zero-order chi connectivity index (χ0) is 17.5. The number of methoxy groups -OCH3 is 1. The number of benzene rings is 2. The number of hydrogen-bond acceptors (Lipinski definition) is 3. The highest BCUT2D eigenvalue weighted by Gasteiger charge is 2.10. The minimum Gasteiger partial charge on any atom is -0.489 e. The number of hydrogen-bond donors (Lipinski definition) is 0. The van der Waals surface area contributed by atoms with Gasteiger partial charge in [0.05, 0.1) is 11.6 Å². The van der Waals surface area contributed by atoms with Gasteiger partial charge in [0.1, 0.15) is 12.4 Å². The first-order valence-electron chi connectivity index (χ1n) is 8.89. The molecule has 0 aliphatic rings. The van der Waals surface area contributed by atoms with Gasteiger partial charge in [-0.1, -0.05) is 44.0 Å². The van der Waals surface area contributed by atoms with Crippen LogP contribution in [0.4, 0.5) is 0 Å². The van der Waals surface area contributed by atoms with Crippen molar-refractivity contribution in [3.8, 4) is 5.75 Å². The zero-order valence-electron chi connectivity index (χ0n) is 14.9. The van der Waals surface area contributed by atoms with E-state index >= 15 is 0 Å². The predicted molar refractivity (Wildman–Crippen MR) is 102 cm³/mol. The highest BCUT2D eigenvalue weighted by Crippen LogP contribution is 2.25. The molecule has 0 saturated heterocycles. The van der Waals surface area contributed by atoms with Crippen LogP contribution in [0.25, 0.3) is 10.9 Å². The van der Waals surface area contributed by atoms with Crippen LogP contribution >= 0.6 is 0 Å². The molecule has 0 radical (unpaired) electrons. The molecule has 0 aliphatic carbocycles. The molecule has 0 spiro atoms. The molecule has 3 heteroatoms. The van der Waals surface area contributed by atoms with E-state index in [1.807, 2.05) is 30.3 Å². The van der Waals surface area contributed by atoms with Gasteiger partial charge in [0, 0.05) is 18.7 Å².